The molecule has 5 nitrogen and oxygen atoms in total. The Morgan fingerprint density at radius 3 is 2.88 bits per heavy atom. The molecule has 1 aliphatic rings. The number of aryl methyl sites for hydroxylation is 1. The van der Waals surface area contributed by atoms with Gasteiger partial charge < -0.3 is 9.47 Å². The molecule has 134 valence electrons. The van der Waals surface area contributed by atoms with Gasteiger partial charge in [-0.3, -0.25) is 4.79 Å². The Balaban J connectivity index is 1.53. The van der Waals surface area contributed by atoms with Crippen molar-refractivity contribution in [2.75, 3.05) is 11.4 Å². The van der Waals surface area contributed by atoms with Gasteiger partial charge in [0.05, 0.1) is 10.1 Å². The molecular weight excluding hydrogens is 364 g/mol. The molecule has 1 amide bonds. The van der Waals surface area contributed by atoms with Crippen LogP contribution in [0, 0.1) is 0 Å². The summed E-state index contributed by atoms with van der Waals surface area (Å²) in [5.74, 6) is 0.966. The molecule has 0 unspecified atom stereocenters. The first kappa shape index (κ1) is 17.3. The Morgan fingerprint density at radius 2 is 2.08 bits per heavy atom. The fourth-order valence-electron chi connectivity index (χ4n) is 3.23. The molecule has 1 atom stereocenters. The average molecular weight is 385 g/mol. The molecule has 0 saturated heterocycles. The highest BCUT2D eigenvalue weighted by atomic mass is 32.2. The lowest BCUT2D eigenvalue weighted by Gasteiger charge is -2.31. The highest BCUT2D eigenvalue weighted by Gasteiger charge is 2.28. The third kappa shape index (κ3) is 3.17. The summed E-state index contributed by atoms with van der Waals surface area (Å²) in [6.45, 7) is 2.73. The van der Waals surface area contributed by atoms with E-state index >= 15 is 0 Å². The van der Waals surface area contributed by atoms with E-state index in [4.69, 9.17) is 0 Å². The van der Waals surface area contributed by atoms with Gasteiger partial charge in [0.15, 0.2) is 11.0 Å². The number of fused-ring (bicyclic) bond motifs is 1. The van der Waals surface area contributed by atoms with E-state index in [-0.39, 0.29) is 11.2 Å². The maximum atomic E-state index is 13.1. The summed E-state index contributed by atoms with van der Waals surface area (Å²) in [4.78, 5) is 16.1. The van der Waals surface area contributed by atoms with Gasteiger partial charge in [-0.15, -0.1) is 21.5 Å². The first-order valence-corrected chi connectivity index (χ1v) is 10.4. The van der Waals surface area contributed by atoms with Crippen LogP contribution in [-0.2, 0) is 18.3 Å². The number of aromatic nitrogens is 3. The molecule has 0 bridgehead atoms. The van der Waals surface area contributed by atoms with E-state index in [0.29, 0.717) is 0 Å². The van der Waals surface area contributed by atoms with E-state index in [1.54, 1.807) is 11.3 Å². The summed E-state index contributed by atoms with van der Waals surface area (Å²) < 4.78 is 1.96. The van der Waals surface area contributed by atoms with Gasteiger partial charge >= 0.3 is 0 Å². The van der Waals surface area contributed by atoms with Crippen molar-refractivity contribution in [3.63, 3.8) is 0 Å². The minimum atomic E-state index is -0.222. The lowest BCUT2D eigenvalue weighted by Crippen LogP contribution is -2.40. The van der Waals surface area contributed by atoms with Crippen LogP contribution in [0.2, 0.25) is 0 Å². The molecule has 1 aromatic carbocycles. The zero-order valence-electron chi connectivity index (χ0n) is 14.8. The monoisotopic (exact) mass is 384 g/mol. The lowest BCUT2D eigenvalue weighted by atomic mass is 10.0. The first-order valence-electron chi connectivity index (χ1n) is 8.64. The molecule has 0 radical (unpaired) electrons. The standard InChI is InChI=1S/C19H20N4OS2/c1-13(18(24)23-11-5-8-14-7-3-4-9-15(14)23)26-19-21-20-17(22(19)2)16-10-6-12-25-16/h3-4,6-7,9-10,12-13H,5,8,11H2,1-2H3/t13-/m1/s1. The van der Waals surface area contributed by atoms with Crippen molar-refractivity contribution in [1.29, 1.82) is 0 Å². The normalized spacial score (nSPS) is 14.9. The van der Waals surface area contributed by atoms with E-state index in [1.165, 1.54) is 17.3 Å². The van der Waals surface area contributed by atoms with E-state index in [9.17, 15) is 4.79 Å². The summed E-state index contributed by atoms with van der Waals surface area (Å²) in [5, 5.41) is 11.2. The minimum Gasteiger partial charge on any atom is -0.311 e. The molecule has 3 heterocycles. The number of amides is 1. The maximum Gasteiger partial charge on any atom is 0.240 e. The minimum absolute atomic E-state index is 0.128. The molecular formula is C19H20N4OS2. The van der Waals surface area contributed by atoms with Crippen molar-refractivity contribution >= 4 is 34.7 Å². The molecule has 2 aromatic heterocycles. The van der Waals surface area contributed by atoms with Crippen molar-refractivity contribution in [2.24, 2.45) is 7.05 Å². The van der Waals surface area contributed by atoms with Gasteiger partial charge in [0.1, 0.15) is 0 Å². The Hall–Kier alpha value is -2.12. The fraction of sp³-hybridized carbons (Fsp3) is 0.316. The number of carbonyl (C=O) groups excluding carboxylic acids is 1. The second kappa shape index (κ2) is 7.25. The Labute approximate surface area is 161 Å². The Kier molecular flexibility index (Phi) is 4.82. The summed E-state index contributed by atoms with van der Waals surface area (Å²) >= 11 is 3.10. The number of anilines is 1. The quantitative estimate of drug-likeness (QED) is 0.638. The van der Waals surface area contributed by atoms with Crippen molar-refractivity contribution in [1.82, 2.24) is 14.8 Å². The van der Waals surface area contributed by atoms with Crippen molar-refractivity contribution in [3.8, 4) is 10.7 Å². The largest absolute Gasteiger partial charge is 0.311 e. The Bertz CT molecular complexity index is 920. The third-order valence-corrected chi connectivity index (χ3v) is 6.57. The topological polar surface area (TPSA) is 51.0 Å². The molecule has 26 heavy (non-hydrogen) atoms. The van der Waals surface area contributed by atoms with Crippen molar-refractivity contribution < 1.29 is 4.79 Å². The summed E-state index contributed by atoms with van der Waals surface area (Å²) in [7, 11) is 1.95. The van der Waals surface area contributed by atoms with Gasteiger partial charge in [-0.25, -0.2) is 0 Å². The molecule has 3 aromatic rings. The van der Waals surface area contributed by atoms with Gasteiger partial charge in [0, 0.05) is 19.3 Å². The number of rotatable bonds is 4. The number of thiophene rings is 1. The van der Waals surface area contributed by atoms with E-state index in [1.807, 2.05) is 59.2 Å². The van der Waals surface area contributed by atoms with Gasteiger partial charge in [-0.2, -0.15) is 0 Å². The number of thioether (sulfide) groups is 1. The molecule has 1 aliphatic heterocycles. The van der Waals surface area contributed by atoms with Gasteiger partial charge in [-0.05, 0) is 42.8 Å². The van der Waals surface area contributed by atoms with Crippen LogP contribution in [0.15, 0.2) is 46.9 Å². The predicted octanol–water partition coefficient (Wildman–Crippen LogP) is 4.00. The van der Waals surface area contributed by atoms with Crippen LogP contribution in [0.1, 0.15) is 18.9 Å². The number of para-hydroxylation sites is 1. The molecule has 0 aliphatic carbocycles. The maximum absolute atomic E-state index is 13.1. The second-order valence-corrected chi connectivity index (χ2v) is 8.58. The number of nitrogens with zero attached hydrogens (tertiary/aromatic N) is 4. The predicted molar refractivity (Wildman–Crippen MR) is 107 cm³/mol. The van der Waals surface area contributed by atoms with Crippen molar-refractivity contribution in [2.45, 2.75) is 30.2 Å². The van der Waals surface area contributed by atoms with Crippen LogP contribution in [-0.4, -0.2) is 32.5 Å². The summed E-state index contributed by atoms with van der Waals surface area (Å²) in [5.41, 5.74) is 2.30. The van der Waals surface area contributed by atoms with Gasteiger partial charge in [0.2, 0.25) is 5.91 Å². The van der Waals surface area contributed by atoms with Gasteiger partial charge in [-0.1, -0.05) is 36.0 Å². The van der Waals surface area contributed by atoms with Crippen LogP contribution in [0.3, 0.4) is 0 Å². The highest BCUT2D eigenvalue weighted by molar-refractivity contribution is 8.00. The molecule has 0 saturated carbocycles. The number of benzene rings is 1. The number of hydrogen-bond acceptors (Lipinski definition) is 5. The smallest absolute Gasteiger partial charge is 0.240 e. The highest BCUT2D eigenvalue weighted by Crippen LogP contribution is 2.32. The molecule has 0 fully saturated rings. The molecule has 0 N–H and O–H groups in total. The summed E-state index contributed by atoms with van der Waals surface area (Å²) in [6, 6.07) is 12.2. The fourth-order valence-corrected chi connectivity index (χ4v) is 4.85. The van der Waals surface area contributed by atoms with Crippen LogP contribution < -0.4 is 4.90 Å². The number of carbonyl (C=O) groups is 1. The van der Waals surface area contributed by atoms with Crippen LogP contribution in [0.4, 0.5) is 5.69 Å². The number of hydrogen-bond donors (Lipinski definition) is 0. The zero-order chi connectivity index (χ0) is 18.1. The average Bonchev–Trinajstić information content (AvgIpc) is 3.31. The Morgan fingerprint density at radius 1 is 1.23 bits per heavy atom. The van der Waals surface area contributed by atoms with Gasteiger partial charge in [0.25, 0.3) is 0 Å². The van der Waals surface area contributed by atoms with E-state index < -0.39 is 0 Å². The zero-order valence-corrected chi connectivity index (χ0v) is 16.4. The van der Waals surface area contributed by atoms with Crippen LogP contribution >= 0.6 is 23.1 Å². The van der Waals surface area contributed by atoms with E-state index in [2.05, 4.69) is 16.3 Å². The SMILES string of the molecule is C[C@@H](Sc1nnc(-c2cccs2)n1C)C(=O)N1CCCc2ccccc21. The molecule has 0 spiro atoms. The van der Waals surface area contributed by atoms with Crippen LogP contribution in [0.5, 0.6) is 0 Å². The van der Waals surface area contributed by atoms with Crippen molar-refractivity contribution in [3.05, 3.63) is 47.3 Å². The third-order valence-electron chi connectivity index (χ3n) is 4.58. The molecule has 4 rings (SSSR count). The summed E-state index contributed by atoms with van der Waals surface area (Å²) in [6.07, 6.45) is 2.04. The lowest BCUT2D eigenvalue weighted by molar-refractivity contribution is -0.117. The van der Waals surface area contributed by atoms with E-state index in [0.717, 1.165) is 40.9 Å². The second-order valence-electron chi connectivity index (χ2n) is 6.32. The van der Waals surface area contributed by atoms with Crippen LogP contribution in [0.25, 0.3) is 10.7 Å². The first-order chi connectivity index (χ1) is 12.6. The molecule has 7 heteroatoms.